The summed E-state index contributed by atoms with van der Waals surface area (Å²) in [6, 6.07) is 4.71. The molecule has 138 valence electrons. The van der Waals surface area contributed by atoms with Crippen molar-refractivity contribution < 1.29 is 14.0 Å². The van der Waals surface area contributed by atoms with E-state index < -0.39 is 5.82 Å². The molecular formula is C19H17FN4O3. The highest BCUT2D eigenvalue weighted by atomic mass is 19.1. The molecule has 5 rings (SSSR count). The fraction of sp³-hybridized carbons (Fsp3) is 0.316. The Balaban J connectivity index is 1.79. The van der Waals surface area contributed by atoms with Gasteiger partial charge in [-0.3, -0.25) is 9.55 Å². The summed E-state index contributed by atoms with van der Waals surface area (Å²) >= 11 is 0. The third kappa shape index (κ3) is 2.22. The zero-order valence-corrected chi connectivity index (χ0v) is 14.8. The molecule has 2 aliphatic rings. The lowest BCUT2D eigenvalue weighted by Gasteiger charge is -2.28. The van der Waals surface area contributed by atoms with Crippen molar-refractivity contribution >= 4 is 16.7 Å². The second-order valence-electron chi connectivity index (χ2n) is 6.93. The molecule has 3 aromatic rings. The molecule has 1 aromatic carbocycles. The Morgan fingerprint density at radius 1 is 1.41 bits per heavy atom. The predicted molar refractivity (Wildman–Crippen MR) is 96.8 cm³/mol. The molecule has 27 heavy (non-hydrogen) atoms. The van der Waals surface area contributed by atoms with E-state index in [2.05, 4.69) is 15.1 Å². The summed E-state index contributed by atoms with van der Waals surface area (Å²) in [5.74, 6) is -0.226. The van der Waals surface area contributed by atoms with Crippen molar-refractivity contribution in [1.82, 2.24) is 14.5 Å². The quantitative estimate of drug-likeness (QED) is 0.754. The number of ether oxygens (including phenoxy) is 1. The highest BCUT2D eigenvalue weighted by molar-refractivity contribution is 5.94. The lowest BCUT2D eigenvalue weighted by molar-refractivity contribution is 0.0897. The van der Waals surface area contributed by atoms with Gasteiger partial charge < -0.3 is 14.6 Å². The number of benzene rings is 1. The van der Waals surface area contributed by atoms with Gasteiger partial charge in [-0.25, -0.2) is 9.18 Å². The van der Waals surface area contributed by atoms with E-state index in [9.17, 15) is 9.18 Å². The molecule has 0 saturated heterocycles. The Morgan fingerprint density at radius 3 is 2.96 bits per heavy atom. The average Bonchev–Trinajstić information content (AvgIpc) is 3.20. The van der Waals surface area contributed by atoms with Crippen molar-refractivity contribution in [2.45, 2.75) is 31.9 Å². The Bertz CT molecular complexity index is 1140. The Kier molecular flexibility index (Phi) is 3.37. The van der Waals surface area contributed by atoms with Gasteiger partial charge >= 0.3 is 5.69 Å². The molecule has 3 atom stereocenters. The Hall–Kier alpha value is -3.16. The lowest BCUT2D eigenvalue weighted by atomic mass is 9.89. The number of nitrogens with zero attached hydrogens (tertiary/aromatic N) is 3. The van der Waals surface area contributed by atoms with Crippen molar-refractivity contribution in [1.29, 1.82) is 0 Å². The Morgan fingerprint density at radius 2 is 2.26 bits per heavy atom. The molecule has 0 spiro atoms. The molecule has 3 unspecified atom stereocenters. The fourth-order valence-corrected chi connectivity index (χ4v) is 4.09. The number of oxime groups is 1. The summed E-state index contributed by atoms with van der Waals surface area (Å²) in [6.45, 7) is 3.97. The molecule has 1 N–H and O–H groups in total. The minimum absolute atomic E-state index is 0.147. The van der Waals surface area contributed by atoms with Crippen LogP contribution in [0, 0.1) is 5.82 Å². The van der Waals surface area contributed by atoms with E-state index in [0.717, 1.165) is 11.3 Å². The molecular weight excluding hydrogens is 351 g/mol. The number of hydrogen-bond donors (Lipinski definition) is 1. The van der Waals surface area contributed by atoms with Gasteiger partial charge in [-0.05, 0) is 31.5 Å². The number of aromatic nitrogens is 3. The smallest absolute Gasteiger partial charge is 0.327 e. The van der Waals surface area contributed by atoms with E-state index in [1.54, 1.807) is 23.0 Å². The van der Waals surface area contributed by atoms with Crippen LogP contribution >= 0.6 is 0 Å². The molecule has 2 aliphatic heterocycles. The number of hydrogen-bond acceptors (Lipinski definition) is 5. The minimum Gasteiger partial charge on any atom is -0.488 e. The maximum atomic E-state index is 14.9. The van der Waals surface area contributed by atoms with Gasteiger partial charge in [0.2, 0.25) is 0 Å². The first kappa shape index (κ1) is 16.0. The van der Waals surface area contributed by atoms with E-state index in [4.69, 9.17) is 9.57 Å². The monoisotopic (exact) mass is 368 g/mol. The molecule has 8 heteroatoms. The maximum Gasteiger partial charge on any atom is 0.327 e. The summed E-state index contributed by atoms with van der Waals surface area (Å²) in [7, 11) is 0. The maximum absolute atomic E-state index is 14.9. The van der Waals surface area contributed by atoms with Crippen molar-refractivity contribution in [3.05, 3.63) is 58.0 Å². The van der Waals surface area contributed by atoms with Gasteiger partial charge in [-0.1, -0.05) is 11.2 Å². The summed E-state index contributed by atoms with van der Waals surface area (Å²) in [4.78, 5) is 24.8. The highest BCUT2D eigenvalue weighted by Crippen LogP contribution is 2.43. The van der Waals surface area contributed by atoms with E-state index >= 15 is 0 Å². The first-order valence-electron chi connectivity index (χ1n) is 8.76. The highest BCUT2D eigenvalue weighted by Gasteiger charge is 2.37. The van der Waals surface area contributed by atoms with Crippen LogP contribution in [0.4, 0.5) is 4.39 Å². The van der Waals surface area contributed by atoms with Crippen LogP contribution in [0.1, 0.15) is 36.9 Å². The number of aromatic amines is 1. The lowest BCUT2D eigenvalue weighted by Crippen LogP contribution is -2.31. The van der Waals surface area contributed by atoms with Crippen molar-refractivity contribution in [3.63, 3.8) is 0 Å². The predicted octanol–water partition coefficient (Wildman–Crippen LogP) is 2.72. The fourth-order valence-electron chi connectivity index (χ4n) is 4.09. The van der Waals surface area contributed by atoms with Crippen LogP contribution in [-0.4, -0.2) is 33.0 Å². The van der Waals surface area contributed by atoms with Crippen LogP contribution in [0.2, 0.25) is 0 Å². The number of pyridine rings is 1. The van der Waals surface area contributed by atoms with Gasteiger partial charge in [0, 0.05) is 18.0 Å². The second kappa shape index (κ2) is 5.67. The number of nitrogens with one attached hydrogen (secondary N) is 1. The standard InChI is InChI=1S/C19H17FN4O3/c1-9-15(10(2)27-23-9)12-6-13(20)16-17-18(12)26-8-14(24(17)19(25)22-16)11-4-3-5-21-7-11/h3-7,10,14-15H,8H2,1-2H3,(H,22,25). The number of halogens is 1. The summed E-state index contributed by atoms with van der Waals surface area (Å²) in [5, 5.41) is 4.02. The Labute approximate surface area is 153 Å². The van der Waals surface area contributed by atoms with Crippen LogP contribution in [0.25, 0.3) is 11.0 Å². The van der Waals surface area contributed by atoms with Gasteiger partial charge in [0.25, 0.3) is 0 Å². The van der Waals surface area contributed by atoms with Gasteiger partial charge in [0.05, 0.1) is 17.7 Å². The third-order valence-electron chi connectivity index (χ3n) is 5.31. The van der Waals surface area contributed by atoms with Crippen LogP contribution in [0.15, 0.2) is 40.5 Å². The van der Waals surface area contributed by atoms with Crippen LogP contribution < -0.4 is 10.4 Å². The zero-order chi connectivity index (χ0) is 18.7. The summed E-state index contributed by atoms with van der Waals surface area (Å²) in [6.07, 6.45) is 3.11. The molecule has 2 aromatic heterocycles. The third-order valence-corrected chi connectivity index (χ3v) is 5.31. The first-order valence-corrected chi connectivity index (χ1v) is 8.76. The van der Waals surface area contributed by atoms with Crippen LogP contribution in [-0.2, 0) is 4.84 Å². The van der Waals surface area contributed by atoms with E-state index in [0.29, 0.717) is 16.8 Å². The summed E-state index contributed by atoms with van der Waals surface area (Å²) in [5.41, 5.74) is 2.42. The molecule has 0 bridgehead atoms. The van der Waals surface area contributed by atoms with Crippen molar-refractivity contribution in [3.8, 4) is 5.75 Å². The van der Waals surface area contributed by atoms with Gasteiger partial charge in [-0.2, -0.15) is 0 Å². The van der Waals surface area contributed by atoms with Crippen LogP contribution in [0.5, 0.6) is 5.75 Å². The van der Waals surface area contributed by atoms with Crippen LogP contribution in [0.3, 0.4) is 0 Å². The van der Waals surface area contributed by atoms with Gasteiger partial charge in [0.15, 0.2) is 0 Å². The van der Waals surface area contributed by atoms with Crippen molar-refractivity contribution in [2.24, 2.45) is 5.16 Å². The molecule has 0 radical (unpaired) electrons. The first-order chi connectivity index (χ1) is 13.1. The molecule has 4 heterocycles. The molecule has 0 aliphatic carbocycles. The van der Waals surface area contributed by atoms with Crippen molar-refractivity contribution in [2.75, 3.05) is 6.61 Å². The average molecular weight is 368 g/mol. The number of rotatable bonds is 2. The molecule has 0 fully saturated rings. The SMILES string of the molecule is CC1=NOC(C)C1c1cc(F)c2[nH]c(=O)n3c2c1OCC3c1cccnc1. The largest absolute Gasteiger partial charge is 0.488 e. The van der Waals surface area contributed by atoms with E-state index in [1.807, 2.05) is 19.9 Å². The normalized spacial score (nSPS) is 23.8. The molecule has 0 amide bonds. The second-order valence-corrected chi connectivity index (χ2v) is 6.93. The van der Waals surface area contributed by atoms with E-state index in [1.165, 1.54) is 6.07 Å². The van der Waals surface area contributed by atoms with Gasteiger partial charge in [0.1, 0.15) is 35.3 Å². The zero-order valence-electron chi connectivity index (χ0n) is 14.8. The molecule has 0 saturated carbocycles. The summed E-state index contributed by atoms with van der Waals surface area (Å²) < 4.78 is 22.5. The topological polar surface area (TPSA) is 81.5 Å². The molecule has 7 nitrogen and oxygen atoms in total. The number of H-pyrrole nitrogens is 1. The minimum atomic E-state index is -0.498. The van der Waals surface area contributed by atoms with Gasteiger partial charge in [-0.15, -0.1) is 0 Å². The number of imidazole rings is 1. The van der Waals surface area contributed by atoms with E-state index in [-0.39, 0.29) is 35.9 Å².